The van der Waals surface area contributed by atoms with Gasteiger partial charge in [-0.1, -0.05) is 66.2 Å². The smallest absolute Gasteiger partial charge is 0.264 e. The van der Waals surface area contributed by atoms with Gasteiger partial charge in [0.2, 0.25) is 0 Å². The highest BCUT2D eigenvalue weighted by molar-refractivity contribution is 8.18. The number of benzene rings is 2. The second-order valence-corrected chi connectivity index (χ2v) is 6.16. The van der Waals surface area contributed by atoms with E-state index in [9.17, 15) is 4.79 Å². The summed E-state index contributed by atoms with van der Waals surface area (Å²) in [5.74, 6) is -0.154. The van der Waals surface area contributed by atoms with Gasteiger partial charge in [0.25, 0.3) is 5.91 Å². The number of nitrogens with zero attached hydrogens (tertiary/aromatic N) is 1. The summed E-state index contributed by atoms with van der Waals surface area (Å²) in [5.41, 5.74) is 1.72. The van der Waals surface area contributed by atoms with Gasteiger partial charge in [0.15, 0.2) is 5.17 Å². The lowest BCUT2D eigenvalue weighted by Gasteiger charge is -1.98. The number of carbonyl (C=O) groups excluding carboxylic acids is 1. The number of hydrogen-bond donors (Lipinski definition) is 1. The third kappa shape index (κ3) is 4.12. The molecule has 1 amide bonds. The van der Waals surface area contributed by atoms with Gasteiger partial charge < -0.3 is 5.32 Å². The number of nitrogens with one attached hydrogen (secondary N) is 1. The van der Waals surface area contributed by atoms with Crippen LogP contribution in [0.5, 0.6) is 0 Å². The fourth-order valence-electron chi connectivity index (χ4n) is 1.96. The maximum atomic E-state index is 12.0. The Labute approximate surface area is 143 Å². The molecule has 0 aliphatic carbocycles. The molecule has 23 heavy (non-hydrogen) atoms. The first-order valence-corrected chi connectivity index (χ1v) is 8.18. The number of halogens is 1. The summed E-state index contributed by atoms with van der Waals surface area (Å²) < 4.78 is 0. The van der Waals surface area contributed by atoms with Crippen LogP contribution in [-0.2, 0) is 4.79 Å². The largest absolute Gasteiger partial charge is 0.300 e. The highest BCUT2D eigenvalue weighted by atomic mass is 35.5. The van der Waals surface area contributed by atoms with Crippen molar-refractivity contribution in [3.05, 3.63) is 82.2 Å². The summed E-state index contributed by atoms with van der Waals surface area (Å²) in [6, 6.07) is 17.2. The minimum atomic E-state index is -0.154. The zero-order chi connectivity index (χ0) is 16.1. The van der Waals surface area contributed by atoms with Crippen LogP contribution in [0.15, 0.2) is 76.6 Å². The first-order valence-electron chi connectivity index (χ1n) is 6.98. The Balaban J connectivity index is 1.74. The lowest BCUT2D eigenvalue weighted by molar-refractivity contribution is -0.115. The molecule has 1 fully saturated rings. The van der Waals surface area contributed by atoms with Gasteiger partial charge >= 0.3 is 0 Å². The van der Waals surface area contributed by atoms with Gasteiger partial charge in [0.05, 0.1) is 15.6 Å². The van der Waals surface area contributed by atoms with Crippen LogP contribution in [0.3, 0.4) is 0 Å². The van der Waals surface area contributed by atoms with E-state index in [1.807, 2.05) is 54.6 Å². The van der Waals surface area contributed by atoms with E-state index in [0.717, 1.165) is 5.56 Å². The van der Waals surface area contributed by atoms with Crippen LogP contribution in [-0.4, -0.2) is 11.1 Å². The van der Waals surface area contributed by atoms with Crippen LogP contribution in [0, 0.1) is 0 Å². The van der Waals surface area contributed by atoms with E-state index in [0.29, 0.717) is 20.8 Å². The minimum Gasteiger partial charge on any atom is -0.300 e. The monoisotopic (exact) mass is 340 g/mol. The SMILES string of the molecule is O=C1NC(=Nc2ccccc2Cl)S/C1=C/C=C/c1ccccc1. The van der Waals surface area contributed by atoms with E-state index in [2.05, 4.69) is 10.3 Å². The van der Waals surface area contributed by atoms with Crippen molar-refractivity contribution in [2.75, 3.05) is 0 Å². The van der Waals surface area contributed by atoms with Crippen LogP contribution in [0.4, 0.5) is 5.69 Å². The average molecular weight is 341 g/mol. The fourth-order valence-corrected chi connectivity index (χ4v) is 2.92. The normalized spacial score (nSPS) is 18.0. The number of amidine groups is 1. The molecule has 5 heteroatoms. The molecule has 1 N–H and O–H groups in total. The zero-order valence-electron chi connectivity index (χ0n) is 12.1. The van der Waals surface area contributed by atoms with Crippen molar-refractivity contribution in [3.63, 3.8) is 0 Å². The van der Waals surface area contributed by atoms with Gasteiger partial charge in [-0.3, -0.25) is 4.79 Å². The molecule has 0 saturated carbocycles. The van der Waals surface area contributed by atoms with Crippen LogP contribution in [0.2, 0.25) is 5.02 Å². The summed E-state index contributed by atoms with van der Waals surface area (Å²) in [7, 11) is 0. The quantitative estimate of drug-likeness (QED) is 0.816. The molecule has 2 aromatic rings. The molecule has 0 spiro atoms. The maximum absolute atomic E-state index is 12.0. The Morgan fingerprint density at radius 2 is 1.78 bits per heavy atom. The first-order chi connectivity index (χ1) is 11.2. The Bertz CT molecular complexity index is 813. The van der Waals surface area contributed by atoms with Crippen LogP contribution in [0.1, 0.15) is 5.56 Å². The molecule has 3 nitrogen and oxygen atoms in total. The molecule has 1 saturated heterocycles. The number of aliphatic imine (C=N–C) groups is 1. The van der Waals surface area contributed by atoms with Crippen molar-refractivity contribution in [1.82, 2.24) is 5.32 Å². The second-order valence-electron chi connectivity index (χ2n) is 4.73. The van der Waals surface area contributed by atoms with Crippen LogP contribution < -0.4 is 5.32 Å². The van der Waals surface area contributed by atoms with Crippen molar-refractivity contribution in [2.24, 2.45) is 4.99 Å². The number of para-hydroxylation sites is 1. The summed E-state index contributed by atoms with van der Waals surface area (Å²) >= 11 is 7.37. The predicted molar refractivity (Wildman–Crippen MR) is 97.8 cm³/mol. The number of hydrogen-bond acceptors (Lipinski definition) is 3. The third-order valence-corrected chi connectivity index (χ3v) is 4.31. The van der Waals surface area contributed by atoms with E-state index in [4.69, 9.17) is 11.6 Å². The highest BCUT2D eigenvalue weighted by Crippen LogP contribution is 2.29. The summed E-state index contributed by atoms with van der Waals surface area (Å²) in [6.45, 7) is 0. The van der Waals surface area contributed by atoms with E-state index in [1.54, 1.807) is 18.2 Å². The van der Waals surface area contributed by atoms with Gasteiger partial charge in [-0.05, 0) is 35.5 Å². The third-order valence-electron chi connectivity index (χ3n) is 3.06. The molecule has 0 radical (unpaired) electrons. The number of carbonyl (C=O) groups is 1. The Morgan fingerprint density at radius 3 is 2.57 bits per heavy atom. The second kappa shape index (κ2) is 7.31. The lowest BCUT2D eigenvalue weighted by atomic mass is 10.2. The standard InChI is InChI=1S/C18H13ClN2OS/c19-14-10-4-5-11-15(14)20-18-21-17(22)16(23-18)12-6-9-13-7-2-1-3-8-13/h1-12H,(H,20,21,22)/b9-6+,16-12+. The fraction of sp³-hybridized carbons (Fsp3) is 0. The molecule has 0 unspecified atom stereocenters. The molecule has 1 aliphatic rings. The van der Waals surface area contributed by atoms with Gasteiger partial charge in [0.1, 0.15) is 0 Å². The molecule has 3 rings (SSSR count). The molecule has 1 heterocycles. The molecule has 0 atom stereocenters. The molecule has 0 aromatic heterocycles. The van der Waals surface area contributed by atoms with Crippen molar-refractivity contribution < 1.29 is 4.79 Å². The zero-order valence-corrected chi connectivity index (χ0v) is 13.6. The van der Waals surface area contributed by atoms with Crippen molar-refractivity contribution in [1.29, 1.82) is 0 Å². The number of allylic oxidation sites excluding steroid dienone is 2. The topological polar surface area (TPSA) is 41.5 Å². The van der Waals surface area contributed by atoms with Crippen molar-refractivity contribution in [3.8, 4) is 0 Å². The Morgan fingerprint density at radius 1 is 1.04 bits per heavy atom. The number of rotatable bonds is 3. The van der Waals surface area contributed by atoms with Gasteiger partial charge in [0, 0.05) is 0 Å². The summed E-state index contributed by atoms with van der Waals surface area (Å²) in [6.07, 6.45) is 5.59. The van der Waals surface area contributed by atoms with Gasteiger partial charge in [-0.15, -0.1) is 0 Å². The van der Waals surface area contributed by atoms with Crippen molar-refractivity contribution in [2.45, 2.75) is 0 Å². The lowest BCUT2D eigenvalue weighted by Crippen LogP contribution is -2.19. The predicted octanol–water partition coefficient (Wildman–Crippen LogP) is 4.79. The molecule has 114 valence electrons. The highest BCUT2D eigenvalue weighted by Gasteiger charge is 2.23. The van der Waals surface area contributed by atoms with E-state index in [1.165, 1.54) is 11.8 Å². The number of thioether (sulfide) groups is 1. The minimum absolute atomic E-state index is 0.154. The van der Waals surface area contributed by atoms with Crippen molar-refractivity contribution >= 4 is 46.2 Å². The van der Waals surface area contributed by atoms with Gasteiger partial charge in [-0.25, -0.2) is 4.99 Å². The van der Waals surface area contributed by atoms with Crippen LogP contribution >= 0.6 is 23.4 Å². The number of amides is 1. The average Bonchev–Trinajstić information content (AvgIpc) is 2.90. The summed E-state index contributed by atoms with van der Waals surface area (Å²) in [5, 5.41) is 3.82. The van der Waals surface area contributed by atoms with E-state index < -0.39 is 0 Å². The Kier molecular flexibility index (Phi) is 4.95. The molecular formula is C18H13ClN2OS. The van der Waals surface area contributed by atoms with E-state index >= 15 is 0 Å². The van der Waals surface area contributed by atoms with Crippen LogP contribution in [0.25, 0.3) is 6.08 Å². The maximum Gasteiger partial charge on any atom is 0.264 e. The molecule has 0 bridgehead atoms. The molecule has 1 aliphatic heterocycles. The Hall–Kier alpha value is -2.30. The molecular weight excluding hydrogens is 328 g/mol. The first kappa shape index (κ1) is 15.6. The van der Waals surface area contributed by atoms with Gasteiger partial charge in [-0.2, -0.15) is 0 Å². The van der Waals surface area contributed by atoms with E-state index in [-0.39, 0.29) is 5.91 Å². The summed E-state index contributed by atoms with van der Waals surface area (Å²) in [4.78, 5) is 16.9. The molecule has 2 aromatic carbocycles.